The first-order valence-corrected chi connectivity index (χ1v) is 8.79. The molecule has 132 valence electrons. The maximum absolute atomic E-state index is 5.80. The van der Waals surface area contributed by atoms with Crippen molar-refractivity contribution in [1.29, 1.82) is 0 Å². The number of ether oxygens (including phenoxy) is 2. The van der Waals surface area contributed by atoms with Crippen LogP contribution in [-0.4, -0.2) is 23.3 Å². The number of rotatable bonds is 7. The van der Waals surface area contributed by atoms with E-state index in [9.17, 15) is 0 Å². The lowest BCUT2D eigenvalue weighted by molar-refractivity contribution is 0.302. The molecule has 0 aliphatic carbocycles. The number of fused-ring (bicyclic) bond motifs is 1. The van der Waals surface area contributed by atoms with Gasteiger partial charge in [0.2, 0.25) is 0 Å². The number of hydrogen-bond acceptors (Lipinski definition) is 3. The van der Waals surface area contributed by atoms with Crippen molar-refractivity contribution in [3.63, 3.8) is 0 Å². The van der Waals surface area contributed by atoms with Crippen molar-refractivity contribution >= 4 is 11.0 Å². The molecule has 1 heterocycles. The van der Waals surface area contributed by atoms with E-state index in [1.54, 1.807) is 7.11 Å². The Balaban J connectivity index is 1.54. The molecule has 3 aromatic rings. The summed E-state index contributed by atoms with van der Waals surface area (Å²) in [7, 11) is 1.67. The molecule has 0 amide bonds. The van der Waals surface area contributed by atoms with Crippen LogP contribution in [0.4, 0.5) is 0 Å². The summed E-state index contributed by atoms with van der Waals surface area (Å²) in [5.41, 5.74) is 4.94. The predicted molar refractivity (Wildman–Crippen MR) is 102 cm³/mol. The molecule has 0 aliphatic heterocycles. The zero-order valence-corrected chi connectivity index (χ0v) is 15.5. The van der Waals surface area contributed by atoms with Crippen molar-refractivity contribution in [2.75, 3.05) is 13.7 Å². The van der Waals surface area contributed by atoms with Crippen LogP contribution in [0, 0.1) is 20.8 Å². The van der Waals surface area contributed by atoms with Crippen LogP contribution in [0.25, 0.3) is 11.0 Å². The highest BCUT2D eigenvalue weighted by Gasteiger charge is 2.08. The Hall–Kier alpha value is -2.49. The molecule has 4 nitrogen and oxygen atoms in total. The quantitative estimate of drug-likeness (QED) is 0.579. The first-order valence-electron chi connectivity index (χ1n) is 8.79. The topological polar surface area (TPSA) is 36.3 Å². The van der Waals surface area contributed by atoms with E-state index in [4.69, 9.17) is 14.5 Å². The van der Waals surface area contributed by atoms with Gasteiger partial charge in [-0.05, 0) is 81.1 Å². The maximum atomic E-state index is 5.80. The summed E-state index contributed by atoms with van der Waals surface area (Å²) >= 11 is 0. The zero-order chi connectivity index (χ0) is 17.8. The predicted octanol–water partition coefficient (Wildman–Crippen LogP) is 4.83. The normalized spacial score (nSPS) is 11.0. The number of methoxy groups -OCH3 is 1. The Morgan fingerprint density at radius 2 is 1.60 bits per heavy atom. The number of unbranched alkanes of at least 4 members (excludes halogenated alkanes) is 1. The van der Waals surface area contributed by atoms with E-state index in [0.717, 1.165) is 48.8 Å². The van der Waals surface area contributed by atoms with Gasteiger partial charge in [0.15, 0.2) is 0 Å². The van der Waals surface area contributed by atoms with Gasteiger partial charge in [-0.25, -0.2) is 4.98 Å². The molecule has 0 unspecified atom stereocenters. The molecule has 0 atom stereocenters. The second-order valence-corrected chi connectivity index (χ2v) is 6.47. The molecule has 0 fully saturated rings. The van der Waals surface area contributed by atoms with E-state index >= 15 is 0 Å². The first-order chi connectivity index (χ1) is 12.1. The minimum atomic E-state index is 0.718. The highest BCUT2D eigenvalue weighted by atomic mass is 16.5. The van der Waals surface area contributed by atoms with Gasteiger partial charge in [0.25, 0.3) is 0 Å². The highest BCUT2D eigenvalue weighted by molar-refractivity contribution is 5.78. The van der Waals surface area contributed by atoms with Crippen LogP contribution >= 0.6 is 0 Å². The van der Waals surface area contributed by atoms with Gasteiger partial charge in [0, 0.05) is 6.54 Å². The van der Waals surface area contributed by atoms with Gasteiger partial charge in [-0.1, -0.05) is 0 Å². The third-order valence-electron chi connectivity index (χ3n) is 4.66. The molecular weight excluding hydrogens is 312 g/mol. The molecule has 0 saturated carbocycles. The Bertz CT molecular complexity index is 850. The summed E-state index contributed by atoms with van der Waals surface area (Å²) in [5.74, 6) is 2.81. The smallest absolute Gasteiger partial charge is 0.119 e. The lowest BCUT2D eigenvalue weighted by Crippen LogP contribution is -2.04. The molecule has 0 aliphatic rings. The highest BCUT2D eigenvalue weighted by Crippen LogP contribution is 2.21. The van der Waals surface area contributed by atoms with E-state index in [0.29, 0.717) is 0 Å². The van der Waals surface area contributed by atoms with Gasteiger partial charge in [-0.15, -0.1) is 0 Å². The molecule has 25 heavy (non-hydrogen) atoms. The summed E-state index contributed by atoms with van der Waals surface area (Å²) < 4.78 is 13.3. The van der Waals surface area contributed by atoms with E-state index in [1.165, 1.54) is 16.6 Å². The number of aromatic nitrogens is 2. The van der Waals surface area contributed by atoms with Gasteiger partial charge in [-0.3, -0.25) is 0 Å². The summed E-state index contributed by atoms with van der Waals surface area (Å²) in [6, 6.07) is 12.1. The van der Waals surface area contributed by atoms with Gasteiger partial charge in [-0.2, -0.15) is 0 Å². The van der Waals surface area contributed by atoms with Gasteiger partial charge >= 0.3 is 0 Å². The van der Waals surface area contributed by atoms with Crippen molar-refractivity contribution in [2.24, 2.45) is 0 Å². The van der Waals surface area contributed by atoms with Crippen LogP contribution in [0.15, 0.2) is 36.4 Å². The molecule has 0 saturated heterocycles. The summed E-state index contributed by atoms with van der Waals surface area (Å²) in [6.45, 7) is 8.06. The number of hydrogen-bond donors (Lipinski definition) is 0. The minimum absolute atomic E-state index is 0.718. The van der Waals surface area contributed by atoms with Crippen LogP contribution in [0.1, 0.15) is 29.8 Å². The van der Waals surface area contributed by atoms with Crippen molar-refractivity contribution in [1.82, 2.24) is 9.55 Å². The zero-order valence-electron chi connectivity index (χ0n) is 15.5. The third-order valence-corrected chi connectivity index (χ3v) is 4.66. The summed E-state index contributed by atoms with van der Waals surface area (Å²) in [6.07, 6.45) is 2.07. The van der Waals surface area contributed by atoms with E-state index < -0.39 is 0 Å². The van der Waals surface area contributed by atoms with Crippen molar-refractivity contribution in [3.8, 4) is 11.5 Å². The summed E-state index contributed by atoms with van der Waals surface area (Å²) in [5, 5.41) is 0. The average Bonchev–Trinajstić information content (AvgIpc) is 2.90. The van der Waals surface area contributed by atoms with Gasteiger partial charge in [0.1, 0.15) is 17.3 Å². The maximum Gasteiger partial charge on any atom is 0.119 e. The molecule has 0 N–H and O–H groups in total. The molecule has 0 spiro atoms. The number of benzene rings is 2. The van der Waals surface area contributed by atoms with Crippen LogP contribution < -0.4 is 9.47 Å². The van der Waals surface area contributed by atoms with Gasteiger partial charge in [0.05, 0.1) is 24.8 Å². The van der Waals surface area contributed by atoms with Crippen molar-refractivity contribution in [3.05, 3.63) is 53.3 Å². The molecule has 1 aromatic heterocycles. The fourth-order valence-corrected chi connectivity index (χ4v) is 3.02. The van der Waals surface area contributed by atoms with Crippen molar-refractivity contribution in [2.45, 2.75) is 40.2 Å². The Morgan fingerprint density at radius 1 is 0.920 bits per heavy atom. The van der Waals surface area contributed by atoms with Crippen LogP contribution in [0.5, 0.6) is 11.5 Å². The minimum Gasteiger partial charge on any atom is -0.497 e. The number of imidazole rings is 1. The first kappa shape index (κ1) is 17.3. The molecule has 0 bridgehead atoms. The summed E-state index contributed by atoms with van der Waals surface area (Å²) in [4.78, 5) is 4.70. The molecule has 0 radical (unpaired) electrons. The lowest BCUT2D eigenvalue weighted by atomic mass is 10.1. The molecule has 3 rings (SSSR count). The lowest BCUT2D eigenvalue weighted by Gasteiger charge is -2.09. The standard InChI is InChI=1S/C21H26N2O2/c1-15-13-20-21(14-16(15)2)23(17(3)22-20)11-5-6-12-25-19-9-7-18(24-4)8-10-19/h7-10,13-14H,5-6,11-12H2,1-4H3. The number of aryl methyl sites for hydroxylation is 4. The van der Waals surface area contributed by atoms with Crippen LogP contribution in [-0.2, 0) is 6.54 Å². The number of nitrogens with zero attached hydrogens (tertiary/aromatic N) is 2. The molecule has 2 aromatic carbocycles. The van der Waals surface area contributed by atoms with E-state index in [1.807, 2.05) is 24.3 Å². The van der Waals surface area contributed by atoms with E-state index in [2.05, 4.69) is 37.5 Å². The Morgan fingerprint density at radius 3 is 2.32 bits per heavy atom. The average molecular weight is 338 g/mol. The SMILES string of the molecule is COc1ccc(OCCCCn2c(C)nc3cc(C)c(C)cc32)cc1. The Kier molecular flexibility index (Phi) is 5.27. The largest absolute Gasteiger partial charge is 0.497 e. The third kappa shape index (κ3) is 3.95. The fourth-order valence-electron chi connectivity index (χ4n) is 3.02. The van der Waals surface area contributed by atoms with Gasteiger partial charge < -0.3 is 14.0 Å². The molecular formula is C21H26N2O2. The second-order valence-electron chi connectivity index (χ2n) is 6.47. The van der Waals surface area contributed by atoms with Crippen molar-refractivity contribution < 1.29 is 9.47 Å². The monoisotopic (exact) mass is 338 g/mol. The van der Waals surface area contributed by atoms with E-state index in [-0.39, 0.29) is 0 Å². The second kappa shape index (κ2) is 7.60. The Labute approximate surface area is 149 Å². The van der Waals surface area contributed by atoms with Crippen LogP contribution in [0.3, 0.4) is 0 Å². The molecule has 4 heteroatoms. The fraction of sp³-hybridized carbons (Fsp3) is 0.381. The van der Waals surface area contributed by atoms with Crippen LogP contribution in [0.2, 0.25) is 0 Å².